The van der Waals surface area contributed by atoms with E-state index in [0.29, 0.717) is 30.3 Å². The molecule has 8 nitrogen and oxygen atoms in total. The Morgan fingerprint density at radius 2 is 1.63 bits per heavy atom. The van der Waals surface area contributed by atoms with E-state index in [4.69, 9.17) is 5.10 Å². The summed E-state index contributed by atoms with van der Waals surface area (Å²) in [6.07, 6.45) is 8.93. The zero-order valence-corrected chi connectivity index (χ0v) is 24.4. The first kappa shape index (κ1) is 28.8. The quantitative estimate of drug-likeness (QED) is 0.474. The summed E-state index contributed by atoms with van der Waals surface area (Å²) < 4.78 is 29.1. The highest BCUT2D eigenvalue weighted by Gasteiger charge is 2.25. The van der Waals surface area contributed by atoms with Crippen LogP contribution < -0.4 is 5.32 Å². The van der Waals surface area contributed by atoms with Crippen LogP contribution in [0.3, 0.4) is 0 Å². The molecule has 0 radical (unpaired) electrons. The van der Waals surface area contributed by atoms with E-state index >= 15 is 0 Å². The van der Waals surface area contributed by atoms with Gasteiger partial charge in [-0.25, -0.2) is 13.1 Å². The second kappa shape index (κ2) is 12.7. The Morgan fingerprint density at radius 3 is 2.24 bits per heavy atom. The van der Waals surface area contributed by atoms with Gasteiger partial charge in [0.2, 0.25) is 15.9 Å². The highest BCUT2D eigenvalue weighted by molar-refractivity contribution is 7.89. The molecular formula is C29H45N5O3S. The average molecular weight is 544 g/mol. The van der Waals surface area contributed by atoms with Gasteiger partial charge in [0, 0.05) is 56.4 Å². The molecule has 2 aliphatic rings. The van der Waals surface area contributed by atoms with Crippen LogP contribution in [0.4, 0.5) is 0 Å². The normalized spacial score (nSPS) is 18.2. The summed E-state index contributed by atoms with van der Waals surface area (Å²) in [7, 11) is -3.48. The van der Waals surface area contributed by atoms with Crippen LogP contribution in [0.2, 0.25) is 0 Å². The third-order valence-corrected chi connectivity index (χ3v) is 10.5. The van der Waals surface area contributed by atoms with Crippen molar-refractivity contribution in [2.75, 3.05) is 26.2 Å². The topological polar surface area (TPSA) is 87.5 Å². The van der Waals surface area contributed by atoms with Crippen LogP contribution in [0.1, 0.15) is 82.2 Å². The highest BCUT2D eigenvalue weighted by Crippen LogP contribution is 2.27. The number of piperidine rings is 1. The lowest BCUT2D eigenvalue weighted by Crippen LogP contribution is -2.44. The van der Waals surface area contributed by atoms with Gasteiger partial charge in [0.1, 0.15) is 0 Å². The molecule has 1 amide bonds. The molecule has 1 saturated heterocycles. The van der Waals surface area contributed by atoms with Gasteiger partial charge in [0.25, 0.3) is 0 Å². The van der Waals surface area contributed by atoms with Gasteiger partial charge in [-0.05, 0) is 69.7 Å². The van der Waals surface area contributed by atoms with Crippen LogP contribution in [-0.2, 0) is 21.4 Å². The van der Waals surface area contributed by atoms with E-state index in [2.05, 4.69) is 17.1 Å². The molecule has 2 fully saturated rings. The molecule has 210 valence electrons. The van der Waals surface area contributed by atoms with Crippen LogP contribution in [0.5, 0.6) is 0 Å². The van der Waals surface area contributed by atoms with Crippen molar-refractivity contribution in [2.45, 2.75) is 96.5 Å². The third-order valence-electron chi connectivity index (χ3n) is 8.40. The van der Waals surface area contributed by atoms with E-state index in [1.54, 1.807) is 12.1 Å². The SMILES string of the molecule is CCN(CC)S(=O)(=O)c1ccc(-n2nc(C)c(CN3CCC(NC(=O)CC4CCCCC4)CC3)c2C)cc1. The van der Waals surface area contributed by atoms with E-state index in [0.717, 1.165) is 49.6 Å². The maximum atomic E-state index is 12.8. The molecule has 2 aromatic rings. The zero-order chi connectivity index (χ0) is 27.3. The van der Waals surface area contributed by atoms with Gasteiger partial charge >= 0.3 is 0 Å². The lowest BCUT2D eigenvalue weighted by molar-refractivity contribution is -0.123. The van der Waals surface area contributed by atoms with Gasteiger partial charge < -0.3 is 5.32 Å². The molecule has 1 N–H and O–H groups in total. The number of aryl methyl sites for hydroxylation is 1. The minimum absolute atomic E-state index is 0.235. The Morgan fingerprint density at radius 1 is 1.00 bits per heavy atom. The van der Waals surface area contributed by atoms with Gasteiger partial charge in [-0.3, -0.25) is 9.69 Å². The molecule has 9 heteroatoms. The molecule has 0 spiro atoms. The summed E-state index contributed by atoms with van der Waals surface area (Å²) in [5.74, 6) is 0.813. The van der Waals surface area contributed by atoms with Crippen molar-refractivity contribution >= 4 is 15.9 Å². The molecule has 1 aliphatic carbocycles. The third kappa shape index (κ3) is 6.66. The lowest BCUT2D eigenvalue weighted by Gasteiger charge is -2.33. The smallest absolute Gasteiger partial charge is 0.243 e. The number of carbonyl (C=O) groups excluding carboxylic acids is 1. The Kier molecular flexibility index (Phi) is 9.65. The summed E-state index contributed by atoms with van der Waals surface area (Å²) in [6, 6.07) is 7.29. The van der Waals surface area contributed by atoms with Gasteiger partial charge in [0.15, 0.2) is 0 Å². The largest absolute Gasteiger partial charge is 0.353 e. The van der Waals surface area contributed by atoms with E-state index in [1.807, 2.05) is 37.6 Å². The lowest BCUT2D eigenvalue weighted by atomic mass is 9.86. The Hall–Kier alpha value is -2.23. The fraction of sp³-hybridized carbons (Fsp3) is 0.655. The fourth-order valence-corrected chi connectivity index (χ4v) is 7.48. The maximum Gasteiger partial charge on any atom is 0.243 e. The number of amides is 1. The van der Waals surface area contributed by atoms with E-state index in [9.17, 15) is 13.2 Å². The first-order valence-corrected chi connectivity index (χ1v) is 15.8. The monoisotopic (exact) mass is 543 g/mol. The molecule has 0 unspecified atom stereocenters. The number of likely N-dealkylation sites (tertiary alicyclic amines) is 1. The Labute approximate surface area is 228 Å². The van der Waals surface area contributed by atoms with Gasteiger partial charge in [-0.1, -0.05) is 33.1 Å². The fourth-order valence-electron chi connectivity index (χ4n) is 6.03. The van der Waals surface area contributed by atoms with Crippen LogP contribution in [-0.4, -0.2) is 65.5 Å². The highest BCUT2D eigenvalue weighted by atomic mass is 32.2. The molecular weight excluding hydrogens is 498 g/mol. The minimum Gasteiger partial charge on any atom is -0.353 e. The number of nitrogens with zero attached hydrogens (tertiary/aromatic N) is 4. The van der Waals surface area contributed by atoms with E-state index in [1.165, 1.54) is 42.0 Å². The van der Waals surface area contributed by atoms with Crippen LogP contribution in [0.25, 0.3) is 5.69 Å². The average Bonchev–Trinajstić information content (AvgIpc) is 3.19. The van der Waals surface area contributed by atoms with Crippen molar-refractivity contribution < 1.29 is 13.2 Å². The molecule has 0 atom stereocenters. The molecule has 1 aromatic heterocycles. The molecule has 1 aromatic carbocycles. The number of hydrogen-bond donors (Lipinski definition) is 1. The number of benzene rings is 1. The van der Waals surface area contributed by atoms with Crippen LogP contribution in [0.15, 0.2) is 29.2 Å². The van der Waals surface area contributed by atoms with Crippen LogP contribution in [0, 0.1) is 19.8 Å². The first-order valence-electron chi connectivity index (χ1n) is 14.4. The molecule has 38 heavy (non-hydrogen) atoms. The number of sulfonamides is 1. The van der Waals surface area contributed by atoms with Crippen LogP contribution >= 0.6 is 0 Å². The van der Waals surface area contributed by atoms with Crippen molar-refractivity contribution in [1.82, 2.24) is 24.3 Å². The molecule has 1 aliphatic heterocycles. The summed E-state index contributed by atoms with van der Waals surface area (Å²) >= 11 is 0. The van der Waals surface area contributed by atoms with Gasteiger partial charge in [0.05, 0.1) is 16.3 Å². The molecule has 4 rings (SSSR count). The number of hydrogen-bond acceptors (Lipinski definition) is 5. The second-order valence-corrected chi connectivity index (χ2v) is 12.9. The van der Waals surface area contributed by atoms with Crippen molar-refractivity contribution in [3.05, 3.63) is 41.2 Å². The Bertz CT molecular complexity index is 1170. The van der Waals surface area contributed by atoms with Crippen molar-refractivity contribution in [1.29, 1.82) is 0 Å². The Balaban J connectivity index is 1.34. The number of rotatable bonds is 10. The van der Waals surface area contributed by atoms with E-state index < -0.39 is 10.0 Å². The minimum atomic E-state index is -3.48. The molecule has 2 heterocycles. The van der Waals surface area contributed by atoms with Crippen molar-refractivity contribution in [2.24, 2.45) is 5.92 Å². The number of nitrogens with one attached hydrogen (secondary N) is 1. The second-order valence-electron chi connectivity index (χ2n) is 11.0. The zero-order valence-electron chi connectivity index (χ0n) is 23.6. The molecule has 1 saturated carbocycles. The first-order chi connectivity index (χ1) is 18.2. The maximum absolute atomic E-state index is 12.8. The van der Waals surface area contributed by atoms with Crippen molar-refractivity contribution in [3.8, 4) is 5.69 Å². The summed E-state index contributed by atoms with van der Waals surface area (Å²) in [4.78, 5) is 15.3. The summed E-state index contributed by atoms with van der Waals surface area (Å²) in [5.41, 5.74) is 4.13. The van der Waals surface area contributed by atoms with Gasteiger partial charge in [-0.15, -0.1) is 0 Å². The van der Waals surface area contributed by atoms with E-state index in [-0.39, 0.29) is 11.9 Å². The summed E-state index contributed by atoms with van der Waals surface area (Å²) in [6.45, 7) is 11.5. The number of aromatic nitrogens is 2. The summed E-state index contributed by atoms with van der Waals surface area (Å²) in [5, 5.41) is 8.09. The predicted molar refractivity (Wildman–Crippen MR) is 151 cm³/mol. The number of carbonyl (C=O) groups is 1. The predicted octanol–water partition coefficient (Wildman–Crippen LogP) is 4.57. The van der Waals surface area contributed by atoms with Crippen molar-refractivity contribution in [3.63, 3.8) is 0 Å². The van der Waals surface area contributed by atoms with Gasteiger partial charge in [-0.2, -0.15) is 9.40 Å². The molecule has 0 bridgehead atoms. The standard InChI is InChI=1S/C29H45N5O3S/c1-5-33(6-2)38(36,37)27-14-12-26(13-15-27)34-23(4)28(22(3)31-34)21-32-18-16-25(17-19-32)30-29(35)20-24-10-8-7-9-11-24/h12-15,24-25H,5-11,16-21H2,1-4H3,(H,30,35).